The zero-order valence-electron chi connectivity index (χ0n) is 33.6. The van der Waals surface area contributed by atoms with Gasteiger partial charge in [0.05, 0.1) is 5.60 Å². The Balaban J connectivity index is 0.000000168. The molecule has 55 heavy (non-hydrogen) atoms. The van der Waals surface area contributed by atoms with Crippen LogP contribution in [-0.2, 0) is 11.2 Å². The zero-order valence-corrected chi connectivity index (χ0v) is 33.6. The summed E-state index contributed by atoms with van der Waals surface area (Å²) >= 11 is 0. The lowest BCUT2D eigenvalue weighted by molar-refractivity contribution is -0.114. The molecule has 4 saturated carbocycles. The largest absolute Gasteiger partial charge is 0.508 e. The standard InChI is InChI=1S/C29H39NO3.C20H24O2/c1-28-18-25(19-5-8-21(9-6-19)30(2)3)27-23-12-10-22(32)17-20(23)7-11-24(27)26(28)13-15-29(28,33)14-4-16-31;1-3-20(22)11-9-18-17-6-4-13-12-14(21)5-7-15(13)16(17)8-10-19(18,20)2/h5-6,8-9,17,24-26,31,33H,4,7,10-16,18H2,1-3H3;1,5,7,12,16-18,21-22H,4,6,8-11H2,2H3/t24-,25+,26-,28+,29+;16-,17-,18+,19+,20+/m01/s1. The van der Waals surface area contributed by atoms with Crippen molar-refractivity contribution in [1.29, 1.82) is 0 Å². The van der Waals surface area contributed by atoms with E-state index in [0.717, 1.165) is 77.0 Å². The van der Waals surface area contributed by atoms with Gasteiger partial charge in [0.2, 0.25) is 0 Å². The fourth-order valence-electron chi connectivity index (χ4n) is 13.7. The Morgan fingerprint density at radius 3 is 2.35 bits per heavy atom. The zero-order chi connectivity index (χ0) is 38.9. The number of rotatable bonds is 5. The number of allylic oxidation sites excluding steroid dienone is 4. The van der Waals surface area contributed by atoms with Crippen LogP contribution in [0.1, 0.15) is 132 Å². The monoisotopic (exact) mass is 745 g/mol. The molecule has 0 saturated heterocycles. The minimum absolute atomic E-state index is 0.128. The third-order valence-corrected chi connectivity index (χ3v) is 16.7. The summed E-state index contributed by atoms with van der Waals surface area (Å²) < 4.78 is 0. The Hall–Kier alpha value is -3.37. The van der Waals surface area contributed by atoms with E-state index in [4.69, 9.17) is 6.42 Å². The molecular weight excluding hydrogens is 683 g/mol. The maximum atomic E-state index is 12.2. The van der Waals surface area contributed by atoms with Gasteiger partial charge in [0.25, 0.3) is 0 Å². The van der Waals surface area contributed by atoms with E-state index in [9.17, 15) is 25.2 Å². The molecule has 4 N–H and O–H groups in total. The Morgan fingerprint density at radius 2 is 1.62 bits per heavy atom. The first-order valence-electron chi connectivity index (χ1n) is 21.3. The van der Waals surface area contributed by atoms with Crippen LogP contribution in [0, 0.1) is 46.8 Å². The first-order chi connectivity index (χ1) is 26.3. The molecule has 2 aromatic carbocycles. The number of terminal acetylenes is 1. The maximum absolute atomic E-state index is 12.2. The second-order valence-corrected chi connectivity index (χ2v) is 19.2. The molecule has 0 aliphatic heterocycles. The summed E-state index contributed by atoms with van der Waals surface area (Å²) in [6.45, 7) is 4.69. The number of ketones is 1. The second-order valence-electron chi connectivity index (χ2n) is 19.2. The Kier molecular flexibility index (Phi) is 9.96. The average molecular weight is 746 g/mol. The van der Waals surface area contributed by atoms with Gasteiger partial charge in [0.1, 0.15) is 11.4 Å². The lowest BCUT2D eigenvalue weighted by Crippen LogP contribution is -2.51. The highest BCUT2D eigenvalue weighted by Crippen LogP contribution is 2.68. The number of aliphatic hydroxyl groups is 3. The van der Waals surface area contributed by atoms with Crippen molar-refractivity contribution in [3.05, 3.63) is 82.0 Å². The molecule has 10 atom stereocenters. The number of fused-ring (bicyclic) bond motifs is 9. The Morgan fingerprint density at radius 1 is 0.855 bits per heavy atom. The van der Waals surface area contributed by atoms with E-state index in [2.05, 4.69) is 69.1 Å². The lowest BCUT2D eigenvalue weighted by atomic mass is 9.51. The van der Waals surface area contributed by atoms with E-state index in [0.29, 0.717) is 54.6 Å². The number of hydrogen-bond acceptors (Lipinski definition) is 6. The van der Waals surface area contributed by atoms with Crippen molar-refractivity contribution in [2.75, 3.05) is 25.6 Å². The van der Waals surface area contributed by atoms with Gasteiger partial charge in [0, 0.05) is 49.6 Å². The van der Waals surface area contributed by atoms with Crippen molar-refractivity contribution in [2.24, 2.45) is 34.5 Å². The summed E-state index contributed by atoms with van der Waals surface area (Å²) in [5, 5.41) is 42.1. The molecule has 4 fully saturated rings. The summed E-state index contributed by atoms with van der Waals surface area (Å²) in [6.07, 6.45) is 21.5. The van der Waals surface area contributed by atoms with Crippen LogP contribution in [0.5, 0.6) is 5.75 Å². The minimum atomic E-state index is -0.919. The highest BCUT2D eigenvalue weighted by molar-refractivity contribution is 5.93. The van der Waals surface area contributed by atoms with E-state index in [1.54, 1.807) is 5.57 Å². The molecule has 0 bridgehead atoms. The molecule has 6 nitrogen and oxygen atoms in total. The van der Waals surface area contributed by atoms with Gasteiger partial charge in [0.15, 0.2) is 5.78 Å². The van der Waals surface area contributed by atoms with Gasteiger partial charge < -0.3 is 25.3 Å². The fraction of sp³-hybridized carbons (Fsp3) is 0.612. The summed E-state index contributed by atoms with van der Waals surface area (Å²) in [4.78, 5) is 14.3. The van der Waals surface area contributed by atoms with Gasteiger partial charge in [-0.3, -0.25) is 4.79 Å². The van der Waals surface area contributed by atoms with Gasteiger partial charge in [-0.25, -0.2) is 0 Å². The van der Waals surface area contributed by atoms with Crippen molar-refractivity contribution in [3.63, 3.8) is 0 Å². The Labute approximate surface area is 329 Å². The van der Waals surface area contributed by atoms with Crippen LogP contribution < -0.4 is 4.90 Å². The van der Waals surface area contributed by atoms with Crippen LogP contribution in [0.4, 0.5) is 5.69 Å². The number of benzene rings is 2. The first kappa shape index (κ1) is 38.5. The number of aliphatic hydroxyl groups excluding tert-OH is 1. The molecule has 9 rings (SSSR count). The van der Waals surface area contributed by atoms with Crippen molar-refractivity contribution < 1.29 is 25.2 Å². The van der Waals surface area contributed by atoms with Gasteiger partial charge >= 0.3 is 0 Å². The smallest absolute Gasteiger partial charge is 0.156 e. The molecule has 294 valence electrons. The van der Waals surface area contributed by atoms with Gasteiger partial charge in [-0.15, -0.1) is 6.42 Å². The van der Waals surface area contributed by atoms with Crippen LogP contribution in [0.15, 0.2) is 65.3 Å². The summed E-state index contributed by atoms with van der Waals surface area (Å²) in [5.74, 6) is 6.32. The summed E-state index contributed by atoms with van der Waals surface area (Å²) in [6, 6.07) is 14.9. The number of hydrogen-bond donors (Lipinski definition) is 4. The third kappa shape index (κ3) is 6.14. The van der Waals surface area contributed by atoms with Crippen LogP contribution in [0.3, 0.4) is 0 Å². The second kappa shape index (κ2) is 14.2. The van der Waals surface area contributed by atoms with Crippen molar-refractivity contribution in [1.82, 2.24) is 0 Å². The first-order valence-corrected chi connectivity index (χ1v) is 21.3. The van der Waals surface area contributed by atoms with Crippen LogP contribution in [0.25, 0.3) is 0 Å². The SMILES string of the molecule is C#C[C@]1(O)CC[C@H]2[C@@H]3CCc4cc(O)ccc4[C@H]3CC[C@@]21C.CN(C)c1ccc([C@H]2C[C@]3(C)[C@@H](CC[C@]3(O)CCCO)[C@@H]3CCC4=CC(=O)CCC4=C32)cc1. The Bertz CT molecular complexity index is 1920. The van der Waals surface area contributed by atoms with Gasteiger partial charge in [-0.2, -0.15) is 0 Å². The van der Waals surface area contributed by atoms with E-state index < -0.39 is 11.2 Å². The van der Waals surface area contributed by atoms with Crippen molar-refractivity contribution >= 4 is 11.5 Å². The number of carbonyl (C=O) groups excluding carboxylic acids is 1. The molecule has 2 aromatic rings. The number of aromatic hydroxyl groups is 1. The third-order valence-electron chi connectivity index (χ3n) is 16.7. The average Bonchev–Trinajstić information content (AvgIpc) is 3.61. The number of anilines is 1. The predicted octanol–water partition coefficient (Wildman–Crippen LogP) is 8.77. The molecule has 0 radical (unpaired) electrons. The molecule has 0 heterocycles. The molecular formula is C49H63NO5. The van der Waals surface area contributed by atoms with Gasteiger partial charge in [-0.1, -0.05) is 43.5 Å². The fourth-order valence-corrected chi connectivity index (χ4v) is 13.7. The normalized spacial score (nSPS) is 38.5. The van der Waals surface area contributed by atoms with E-state index in [-0.39, 0.29) is 29.1 Å². The minimum Gasteiger partial charge on any atom is -0.508 e. The van der Waals surface area contributed by atoms with Crippen LogP contribution in [-0.4, -0.2) is 58.1 Å². The maximum Gasteiger partial charge on any atom is 0.156 e. The highest BCUT2D eigenvalue weighted by atomic mass is 16.3. The molecule has 7 aliphatic carbocycles. The van der Waals surface area contributed by atoms with E-state index >= 15 is 0 Å². The van der Waals surface area contributed by atoms with Crippen LogP contribution >= 0.6 is 0 Å². The lowest BCUT2D eigenvalue weighted by Gasteiger charge is -2.55. The van der Waals surface area contributed by atoms with Crippen molar-refractivity contribution in [2.45, 2.75) is 133 Å². The topological polar surface area (TPSA) is 101 Å². The van der Waals surface area contributed by atoms with Crippen molar-refractivity contribution in [3.8, 4) is 18.1 Å². The highest BCUT2D eigenvalue weighted by Gasteiger charge is 2.63. The molecule has 6 heteroatoms. The quantitative estimate of drug-likeness (QED) is 0.229. The van der Waals surface area contributed by atoms with Crippen LogP contribution in [0.2, 0.25) is 0 Å². The number of aryl methyl sites for hydroxylation is 1. The molecule has 0 unspecified atom stereocenters. The van der Waals surface area contributed by atoms with E-state index in [1.807, 2.05) is 18.2 Å². The summed E-state index contributed by atoms with van der Waals surface area (Å²) in [5.41, 5.74) is 7.67. The van der Waals surface area contributed by atoms with E-state index in [1.165, 1.54) is 33.5 Å². The molecule has 0 amide bonds. The number of carbonyl (C=O) groups is 1. The number of phenolic OH excluding ortho intramolecular Hbond substituents is 1. The predicted molar refractivity (Wildman–Crippen MR) is 219 cm³/mol. The molecule has 0 spiro atoms. The summed E-state index contributed by atoms with van der Waals surface area (Å²) in [7, 11) is 4.14. The molecule has 0 aromatic heterocycles. The number of nitrogens with zero attached hydrogens (tertiary/aromatic N) is 1. The molecule has 7 aliphatic rings. The number of phenols is 1. The van der Waals surface area contributed by atoms with Gasteiger partial charge in [-0.05, 0) is 178 Å².